The van der Waals surface area contributed by atoms with Crippen LogP contribution in [-0.4, -0.2) is 38.6 Å². The summed E-state index contributed by atoms with van der Waals surface area (Å²) in [6.45, 7) is 2.23. The lowest BCUT2D eigenvalue weighted by Crippen LogP contribution is -2.45. The molecule has 0 rings (SSSR count). The van der Waals surface area contributed by atoms with E-state index >= 15 is 0 Å². The summed E-state index contributed by atoms with van der Waals surface area (Å²) in [5.41, 5.74) is 5.57. The summed E-state index contributed by atoms with van der Waals surface area (Å²) < 4.78 is 14.9. The molecular formula is C18H38NO7P. The molecule has 0 spiro atoms. The second-order valence-corrected chi connectivity index (χ2v) is 8.08. The Morgan fingerprint density at radius 1 is 0.963 bits per heavy atom. The molecule has 0 radical (unpaired) electrons. The Hall–Kier alpha value is -0.310. The van der Waals surface area contributed by atoms with E-state index in [1.165, 1.54) is 63.9 Å². The summed E-state index contributed by atoms with van der Waals surface area (Å²) in [5, 5.41) is 18.5. The topological polar surface area (TPSA) is 142 Å². The van der Waals surface area contributed by atoms with Crippen LogP contribution in [0, 0.1) is 0 Å². The van der Waals surface area contributed by atoms with E-state index in [1.807, 2.05) is 0 Å². The third-order valence-electron chi connectivity index (χ3n) is 4.36. The molecule has 3 atom stereocenters. The van der Waals surface area contributed by atoms with Crippen LogP contribution < -0.4 is 5.73 Å². The lowest BCUT2D eigenvalue weighted by Gasteiger charge is -2.23. The van der Waals surface area contributed by atoms with Gasteiger partial charge in [0.05, 0.1) is 12.1 Å². The maximum Gasteiger partial charge on any atom is 0.472 e. The smallest absolute Gasteiger partial charge is 0.387 e. The van der Waals surface area contributed by atoms with Crippen molar-refractivity contribution >= 4 is 7.82 Å². The van der Waals surface area contributed by atoms with Gasteiger partial charge in [-0.15, -0.1) is 0 Å². The third-order valence-corrected chi connectivity index (χ3v) is 4.84. The number of unbranched alkanes of at least 4 members (excludes halogenated alkanes) is 11. The van der Waals surface area contributed by atoms with Crippen LogP contribution in [0.15, 0.2) is 12.2 Å². The molecule has 8 nitrogen and oxygen atoms in total. The molecule has 0 aliphatic rings. The van der Waals surface area contributed by atoms with Crippen LogP contribution in [0.25, 0.3) is 0 Å². The molecular weight excluding hydrogens is 373 g/mol. The molecule has 6 N–H and O–H groups in total. The van der Waals surface area contributed by atoms with Crippen LogP contribution in [-0.2, 0) is 14.0 Å². The minimum Gasteiger partial charge on any atom is -0.387 e. The van der Waals surface area contributed by atoms with Crippen LogP contribution in [0.1, 0.15) is 84.0 Å². The summed E-state index contributed by atoms with van der Waals surface area (Å²) >= 11 is 0. The highest BCUT2D eigenvalue weighted by atomic mass is 31.2. The van der Waals surface area contributed by atoms with Crippen LogP contribution in [0.5, 0.6) is 0 Å². The number of rotatable bonds is 18. The van der Waals surface area contributed by atoms with Gasteiger partial charge in [0.25, 0.3) is 0 Å². The average molecular weight is 411 g/mol. The lowest BCUT2D eigenvalue weighted by atomic mass is 10.0. The minimum atomic E-state index is -4.89. The second kappa shape index (κ2) is 16.6. The Morgan fingerprint density at radius 2 is 1.44 bits per heavy atom. The number of nitrogens with two attached hydrogens (primary N) is 1. The molecule has 3 unspecified atom stereocenters. The van der Waals surface area contributed by atoms with Crippen molar-refractivity contribution in [2.75, 3.05) is 0 Å². The van der Waals surface area contributed by atoms with E-state index in [0.29, 0.717) is 0 Å². The summed E-state index contributed by atoms with van der Waals surface area (Å²) in [6.07, 6.45) is 14.7. The van der Waals surface area contributed by atoms with Crippen molar-refractivity contribution in [3.63, 3.8) is 0 Å². The Morgan fingerprint density at radius 3 is 1.89 bits per heavy atom. The van der Waals surface area contributed by atoms with Crippen molar-refractivity contribution in [1.29, 1.82) is 0 Å². The lowest BCUT2D eigenvalue weighted by molar-refractivity contribution is -0.336. The number of allylic oxidation sites excluding steroid dienone is 1. The minimum absolute atomic E-state index is 0.769. The zero-order valence-electron chi connectivity index (χ0n) is 16.4. The van der Waals surface area contributed by atoms with E-state index in [1.54, 1.807) is 6.08 Å². The zero-order valence-corrected chi connectivity index (χ0v) is 17.3. The maximum atomic E-state index is 10.7. The standard InChI is InChI=1S/C18H38NO7P/c1-2-3-4-5-6-7-8-9-10-11-12-13-14-15-16(20)17(19)18(25-21)26-27(22,23)24/h14-18,20-21H,2-13,19H2,1H3,(H2,22,23,24). The number of hydrogen-bond donors (Lipinski definition) is 5. The molecule has 0 aromatic heterocycles. The van der Waals surface area contributed by atoms with Crippen molar-refractivity contribution < 1.29 is 34.1 Å². The van der Waals surface area contributed by atoms with E-state index in [0.717, 1.165) is 19.3 Å². The summed E-state index contributed by atoms with van der Waals surface area (Å²) in [7, 11) is -4.89. The van der Waals surface area contributed by atoms with Gasteiger partial charge in [0.2, 0.25) is 6.29 Å². The fourth-order valence-electron chi connectivity index (χ4n) is 2.75. The van der Waals surface area contributed by atoms with E-state index in [2.05, 4.69) is 16.3 Å². The molecule has 162 valence electrons. The normalized spacial score (nSPS) is 15.9. The van der Waals surface area contributed by atoms with Crippen molar-refractivity contribution in [2.45, 2.75) is 102 Å². The highest BCUT2D eigenvalue weighted by Gasteiger charge is 2.31. The van der Waals surface area contributed by atoms with E-state index in [4.69, 9.17) is 20.8 Å². The highest BCUT2D eigenvalue weighted by Crippen LogP contribution is 2.38. The molecule has 0 aliphatic carbocycles. The Bertz CT molecular complexity index is 417. The van der Waals surface area contributed by atoms with E-state index in [9.17, 15) is 9.67 Å². The molecule has 0 aliphatic heterocycles. The van der Waals surface area contributed by atoms with Gasteiger partial charge in [0, 0.05) is 0 Å². The van der Waals surface area contributed by atoms with Crippen LogP contribution in [0.4, 0.5) is 0 Å². The molecule has 27 heavy (non-hydrogen) atoms. The van der Waals surface area contributed by atoms with Crippen LogP contribution in [0.3, 0.4) is 0 Å². The highest BCUT2D eigenvalue weighted by molar-refractivity contribution is 7.46. The molecule has 0 saturated carbocycles. The van der Waals surface area contributed by atoms with Gasteiger partial charge < -0.3 is 20.6 Å². The Kier molecular flexibility index (Phi) is 16.4. The monoisotopic (exact) mass is 411 g/mol. The van der Waals surface area contributed by atoms with Crippen LogP contribution in [0.2, 0.25) is 0 Å². The molecule has 0 fully saturated rings. The SMILES string of the molecule is CCCCCCCCCCCCCC=CC(O)C(N)C(OO)OP(=O)(O)O. The summed E-state index contributed by atoms with van der Waals surface area (Å²) in [4.78, 5) is 21.2. The molecule has 0 bridgehead atoms. The van der Waals surface area contributed by atoms with E-state index in [-0.39, 0.29) is 0 Å². The quantitative estimate of drug-likeness (QED) is 0.0571. The molecule has 0 aromatic carbocycles. The third kappa shape index (κ3) is 16.4. The Balaban J connectivity index is 3.73. The fourth-order valence-corrected chi connectivity index (χ4v) is 3.20. The molecule has 0 heterocycles. The fraction of sp³-hybridized carbons (Fsp3) is 0.889. The maximum absolute atomic E-state index is 10.7. The van der Waals surface area contributed by atoms with Crippen molar-refractivity contribution in [2.24, 2.45) is 5.73 Å². The van der Waals surface area contributed by atoms with Gasteiger partial charge in [0.1, 0.15) is 0 Å². The first-order valence-corrected chi connectivity index (χ1v) is 11.5. The predicted octanol–water partition coefficient (Wildman–Crippen LogP) is 3.86. The van der Waals surface area contributed by atoms with Gasteiger partial charge in [0.15, 0.2) is 0 Å². The predicted molar refractivity (Wildman–Crippen MR) is 105 cm³/mol. The van der Waals surface area contributed by atoms with Gasteiger partial charge >= 0.3 is 7.82 Å². The van der Waals surface area contributed by atoms with Crippen LogP contribution >= 0.6 is 7.82 Å². The molecule has 0 amide bonds. The van der Waals surface area contributed by atoms with Gasteiger partial charge in [-0.2, -0.15) is 0 Å². The summed E-state index contributed by atoms with van der Waals surface area (Å²) in [5.74, 6) is 0. The van der Waals surface area contributed by atoms with Gasteiger partial charge in [-0.3, -0.25) is 4.52 Å². The first kappa shape index (κ1) is 26.7. The van der Waals surface area contributed by atoms with Gasteiger partial charge in [-0.1, -0.05) is 83.3 Å². The molecule has 0 aromatic rings. The van der Waals surface area contributed by atoms with Gasteiger partial charge in [-0.25, -0.2) is 14.7 Å². The average Bonchev–Trinajstić information content (AvgIpc) is 2.62. The van der Waals surface area contributed by atoms with Crippen molar-refractivity contribution in [3.05, 3.63) is 12.2 Å². The van der Waals surface area contributed by atoms with E-state index < -0.39 is 26.3 Å². The van der Waals surface area contributed by atoms with Crippen molar-refractivity contribution in [3.8, 4) is 0 Å². The zero-order chi connectivity index (χ0) is 20.5. The first-order valence-electron chi connectivity index (χ1n) is 9.96. The summed E-state index contributed by atoms with van der Waals surface area (Å²) in [6, 6.07) is -1.34. The Labute approximate surface area is 162 Å². The molecule has 9 heteroatoms. The van der Waals surface area contributed by atoms with Crippen molar-refractivity contribution in [1.82, 2.24) is 0 Å². The number of aliphatic hydroxyl groups is 1. The van der Waals surface area contributed by atoms with Gasteiger partial charge in [-0.05, 0) is 12.8 Å². The second-order valence-electron chi connectivity index (χ2n) is 6.89. The number of phosphoric ester groups is 1. The largest absolute Gasteiger partial charge is 0.472 e. The molecule has 0 saturated heterocycles. The number of phosphoric acid groups is 1. The first-order chi connectivity index (χ1) is 12.8. The number of aliphatic hydroxyl groups excluding tert-OH is 1. The number of hydrogen-bond acceptors (Lipinski definition) is 6.